The highest BCUT2D eigenvalue weighted by Gasteiger charge is 2.27. The van der Waals surface area contributed by atoms with Crippen molar-refractivity contribution in [2.24, 2.45) is 0 Å². The quantitative estimate of drug-likeness (QED) is 0.688. The van der Waals surface area contributed by atoms with Crippen molar-refractivity contribution in [3.05, 3.63) is 89.6 Å². The largest absolute Gasteiger partial charge is 0.465 e. The summed E-state index contributed by atoms with van der Waals surface area (Å²) in [7, 11) is 1.34. The molecular formula is C22H15N3O4. The van der Waals surface area contributed by atoms with Crippen molar-refractivity contribution in [1.29, 1.82) is 0 Å². The Morgan fingerprint density at radius 3 is 2.59 bits per heavy atom. The zero-order chi connectivity index (χ0) is 20.4. The van der Waals surface area contributed by atoms with Gasteiger partial charge >= 0.3 is 5.97 Å². The molecule has 29 heavy (non-hydrogen) atoms. The van der Waals surface area contributed by atoms with Crippen LogP contribution in [0.3, 0.4) is 0 Å². The molecule has 2 aromatic carbocycles. The fourth-order valence-corrected chi connectivity index (χ4v) is 3.04. The standard InChI is InChI=1S/C22H15N3O4/c1-29-22(28)14-7-5-13(6-8-14)15-3-2-4-16(9-15)25-18-10-19(26)20-17(21(18)27)11-23-12-24-20/h2-12,25H,1H3. The molecule has 1 heterocycles. The van der Waals surface area contributed by atoms with Gasteiger partial charge in [-0.25, -0.2) is 14.8 Å². The number of rotatable bonds is 4. The molecule has 0 bridgehead atoms. The molecule has 1 N–H and O–H groups in total. The van der Waals surface area contributed by atoms with Crippen LogP contribution in [-0.4, -0.2) is 34.6 Å². The number of nitrogens with zero attached hydrogens (tertiary/aromatic N) is 2. The molecule has 142 valence electrons. The second-order valence-electron chi connectivity index (χ2n) is 6.31. The summed E-state index contributed by atoms with van der Waals surface area (Å²) in [5.41, 5.74) is 3.32. The lowest BCUT2D eigenvalue weighted by molar-refractivity contribution is 0.0600. The van der Waals surface area contributed by atoms with E-state index in [2.05, 4.69) is 15.3 Å². The van der Waals surface area contributed by atoms with Gasteiger partial charge in [0.05, 0.1) is 23.9 Å². The first-order chi connectivity index (χ1) is 14.1. The lowest BCUT2D eigenvalue weighted by Gasteiger charge is -2.16. The molecule has 1 aromatic heterocycles. The van der Waals surface area contributed by atoms with Gasteiger partial charge in [-0.2, -0.15) is 0 Å². The van der Waals surface area contributed by atoms with Gasteiger partial charge in [-0.1, -0.05) is 24.3 Å². The van der Waals surface area contributed by atoms with Crippen molar-refractivity contribution in [3.63, 3.8) is 0 Å². The number of hydrogen-bond acceptors (Lipinski definition) is 7. The van der Waals surface area contributed by atoms with Crippen LogP contribution in [0.15, 0.2) is 72.8 Å². The SMILES string of the molecule is COC(=O)c1ccc(-c2cccc(NC3=CC(=O)c4ncncc4C3=O)c2)cc1. The highest BCUT2D eigenvalue weighted by atomic mass is 16.5. The van der Waals surface area contributed by atoms with Crippen LogP contribution < -0.4 is 5.32 Å². The van der Waals surface area contributed by atoms with Crippen molar-refractivity contribution in [2.75, 3.05) is 12.4 Å². The number of carbonyl (C=O) groups excluding carboxylic acids is 3. The minimum Gasteiger partial charge on any atom is -0.465 e. The van der Waals surface area contributed by atoms with Crippen LogP contribution in [0.25, 0.3) is 11.1 Å². The van der Waals surface area contributed by atoms with Crippen LogP contribution in [-0.2, 0) is 4.74 Å². The number of benzene rings is 2. The van der Waals surface area contributed by atoms with E-state index >= 15 is 0 Å². The molecule has 0 aliphatic heterocycles. The molecule has 0 atom stereocenters. The predicted molar refractivity (Wildman–Crippen MR) is 106 cm³/mol. The molecule has 0 saturated heterocycles. The van der Waals surface area contributed by atoms with Gasteiger partial charge in [0.1, 0.15) is 12.0 Å². The maximum absolute atomic E-state index is 12.6. The molecule has 0 saturated carbocycles. The zero-order valence-electron chi connectivity index (χ0n) is 15.4. The summed E-state index contributed by atoms with van der Waals surface area (Å²) in [5, 5.41) is 3.01. The van der Waals surface area contributed by atoms with Gasteiger partial charge in [-0.05, 0) is 35.4 Å². The number of Topliss-reactive ketones (excluding diaryl/α,β-unsaturated/α-hetero) is 1. The first kappa shape index (κ1) is 18.2. The van der Waals surface area contributed by atoms with Crippen molar-refractivity contribution < 1.29 is 19.1 Å². The number of anilines is 1. The van der Waals surface area contributed by atoms with Gasteiger partial charge in [0.15, 0.2) is 0 Å². The Labute approximate surface area is 166 Å². The summed E-state index contributed by atoms with van der Waals surface area (Å²) in [6.45, 7) is 0. The van der Waals surface area contributed by atoms with Crippen LogP contribution in [0.4, 0.5) is 5.69 Å². The predicted octanol–water partition coefficient (Wildman–Crippen LogP) is 3.31. The Hall–Kier alpha value is -4.13. The number of esters is 1. The molecule has 0 fully saturated rings. The number of ether oxygens (including phenoxy) is 1. The fourth-order valence-electron chi connectivity index (χ4n) is 3.04. The zero-order valence-corrected chi connectivity index (χ0v) is 15.4. The van der Waals surface area contributed by atoms with Crippen LogP contribution in [0.5, 0.6) is 0 Å². The van der Waals surface area contributed by atoms with Gasteiger partial charge < -0.3 is 10.1 Å². The summed E-state index contributed by atoms with van der Waals surface area (Å²) in [4.78, 5) is 44.2. The van der Waals surface area contributed by atoms with Gasteiger partial charge in [0, 0.05) is 18.0 Å². The van der Waals surface area contributed by atoms with E-state index in [9.17, 15) is 14.4 Å². The van der Waals surface area contributed by atoms with Gasteiger partial charge in [-0.3, -0.25) is 9.59 Å². The Balaban J connectivity index is 1.59. The molecule has 7 heteroatoms. The lowest BCUT2D eigenvalue weighted by atomic mass is 9.98. The van der Waals surface area contributed by atoms with E-state index in [1.165, 1.54) is 25.7 Å². The van der Waals surface area contributed by atoms with Crippen molar-refractivity contribution in [2.45, 2.75) is 0 Å². The highest BCUT2D eigenvalue weighted by molar-refractivity contribution is 6.24. The lowest BCUT2D eigenvalue weighted by Crippen LogP contribution is -2.22. The maximum atomic E-state index is 12.6. The average molecular weight is 385 g/mol. The first-order valence-electron chi connectivity index (χ1n) is 8.73. The van der Waals surface area contributed by atoms with E-state index in [0.717, 1.165) is 11.1 Å². The summed E-state index contributed by atoms with van der Waals surface area (Å²) in [6.07, 6.45) is 3.83. The summed E-state index contributed by atoms with van der Waals surface area (Å²) in [5.74, 6) is -1.09. The Morgan fingerprint density at radius 1 is 1.03 bits per heavy atom. The van der Waals surface area contributed by atoms with Gasteiger partial charge in [-0.15, -0.1) is 0 Å². The summed E-state index contributed by atoms with van der Waals surface area (Å²) >= 11 is 0. The molecule has 0 unspecified atom stereocenters. The normalized spacial score (nSPS) is 12.8. The van der Waals surface area contributed by atoms with E-state index in [-0.39, 0.29) is 28.5 Å². The minimum absolute atomic E-state index is 0.106. The Morgan fingerprint density at radius 2 is 1.83 bits per heavy atom. The van der Waals surface area contributed by atoms with Crippen LogP contribution in [0.2, 0.25) is 0 Å². The van der Waals surface area contributed by atoms with Crippen LogP contribution in [0.1, 0.15) is 31.2 Å². The number of hydrogen-bond donors (Lipinski definition) is 1. The number of methoxy groups -OCH3 is 1. The number of aromatic nitrogens is 2. The van der Waals surface area contributed by atoms with E-state index in [1.54, 1.807) is 18.2 Å². The monoisotopic (exact) mass is 385 g/mol. The highest BCUT2D eigenvalue weighted by Crippen LogP contribution is 2.26. The molecule has 4 rings (SSSR count). The molecule has 0 amide bonds. The Bertz CT molecular complexity index is 1170. The molecule has 0 radical (unpaired) electrons. The third-order valence-corrected chi connectivity index (χ3v) is 4.49. The summed E-state index contributed by atoms with van der Waals surface area (Å²) in [6, 6.07) is 14.4. The number of fused-ring (bicyclic) bond motifs is 1. The van der Waals surface area contributed by atoms with Crippen LogP contribution in [0, 0.1) is 0 Å². The van der Waals surface area contributed by atoms with E-state index in [0.29, 0.717) is 11.3 Å². The van der Waals surface area contributed by atoms with Crippen molar-refractivity contribution in [3.8, 4) is 11.1 Å². The minimum atomic E-state index is -0.399. The van der Waals surface area contributed by atoms with E-state index < -0.39 is 5.97 Å². The van der Waals surface area contributed by atoms with Gasteiger partial charge in [0.2, 0.25) is 11.6 Å². The average Bonchev–Trinajstić information content (AvgIpc) is 2.77. The molecular weight excluding hydrogens is 370 g/mol. The number of allylic oxidation sites excluding steroid dienone is 2. The molecule has 1 aliphatic rings. The summed E-state index contributed by atoms with van der Waals surface area (Å²) < 4.78 is 4.71. The van der Waals surface area contributed by atoms with Gasteiger partial charge in [0.25, 0.3) is 0 Å². The first-order valence-corrected chi connectivity index (χ1v) is 8.73. The number of nitrogens with one attached hydrogen (secondary N) is 1. The third-order valence-electron chi connectivity index (χ3n) is 4.49. The maximum Gasteiger partial charge on any atom is 0.337 e. The smallest absolute Gasteiger partial charge is 0.337 e. The second kappa shape index (κ2) is 7.47. The molecule has 0 spiro atoms. The fraction of sp³-hybridized carbons (Fsp3) is 0.0455. The van der Waals surface area contributed by atoms with E-state index in [4.69, 9.17) is 4.74 Å². The Kier molecular flexibility index (Phi) is 4.70. The molecule has 3 aromatic rings. The molecule has 7 nitrogen and oxygen atoms in total. The topological polar surface area (TPSA) is 98.2 Å². The van der Waals surface area contributed by atoms with Crippen LogP contribution >= 0.6 is 0 Å². The van der Waals surface area contributed by atoms with Crippen molar-refractivity contribution in [1.82, 2.24) is 9.97 Å². The number of ketones is 2. The van der Waals surface area contributed by atoms with E-state index in [1.807, 2.05) is 30.3 Å². The van der Waals surface area contributed by atoms with Crippen molar-refractivity contribution >= 4 is 23.2 Å². The third kappa shape index (κ3) is 3.53. The second-order valence-corrected chi connectivity index (χ2v) is 6.31. The number of carbonyl (C=O) groups is 3. The molecule has 1 aliphatic carbocycles.